The van der Waals surface area contributed by atoms with Crippen molar-refractivity contribution in [3.8, 4) is 0 Å². The average Bonchev–Trinajstić information content (AvgIpc) is 2.97. The molecule has 1 N–H and O–H groups in total. The third-order valence-electron chi connectivity index (χ3n) is 3.90. The van der Waals surface area contributed by atoms with Crippen LogP contribution >= 0.6 is 0 Å². The van der Waals surface area contributed by atoms with Gasteiger partial charge in [-0.2, -0.15) is 4.98 Å². The van der Waals surface area contributed by atoms with Crippen LogP contribution in [0.15, 0.2) is 4.52 Å². The van der Waals surface area contributed by atoms with E-state index in [4.69, 9.17) is 4.52 Å². The first-order valence-electron chi connectivity index (χ1n) is 8.09. The van der Waals surface area contributed by atoms with E-state index in [0.717, 1.165) is 69.9 Å². The number of rotatable bonds is 6. The highest BCUT2D eigenvalue weighted by atomic mass is 16.5. The van der Waals surface area contributed by atoms with Gasteiger partial charge in [0.05, 0.1) is 0 Å². The smallest absolute Gasteiger partial charge is 0.317 e. The van der Waals surface area contributed by atoms with Crippen LogP contribution in [-0.4, -0.2) is 40.7 Å². The molecule has 118 valence electrons. The summed E-state index contributed by atoms with van der Waals surface area (Å²) in [6, 6.07) is 0.0547. The van der Waals surface area contributed by atoms with Crippen molar-refractivity contribution in [2.75, 3.05) is 19.6 Å². The van der Waals surface area contributed by atoms with Crippen LogP contribution in [0.4, 0.5) is 4.79 Å². The zero-order valence-corrected chi connectivity index (χ0v) is 13.1. The molecule has 1 aromatic rings. The number of likely N-dealkylation sites (tertiary alicyclic amines) is 1. The minimum Gasteiger partial charge on any atom is -0.339 e. The van der Waals surface area contributed by atoms with E-state index in [1.54, 1.807) is 0 Å². The van der Waals surface area contributed by atoms with Crippen LogP contribution in [0.2, 0.25) is 0 Å². The number of hydrogen-bond donors (Lipinski definition) is 1. The summed E-state index contributed by atoms with van der Waals surface area (Å²) in [5.41, 5.74) is 0. The first-order valence-corrected chi connectivity index (χ1v) is 8.09. The van der Waals surface area contributed by atoms with Gasteiger partial charge in [0.1, 0.15) is 0 Å². The van der Waals surface area contributed by atoms with Crippen LogP contribution in [0.1, 0.15) is 63.6 Å². The first-order chi connectivity index (χ1) is 10.2. The van der Waals surface area contributed by atoms with E-state index in [0.29, 0.717) is 5.92 Å². The van der Waals surface area contributed by atoms with Crippen LogP contribution in [0.3, 0.4) is 0 Å². The molecule has 0 aliphatic carbocycles. The van der Waals surface area contributed by atoms with Crippen molar-refractivity contribution >= 4 is 6.03 Å². The molecule has 0 saturated carbocycles. The Morgan fingerprint density at radius 3 is 2.76 bits per heavy atom. The molecule has 6 nitrogen and oxygen atoms in total. The molecule has 1 saturated heterocycles. The van der Waals surface area contributed by atoms with Crippen molar-refractivity contribution in [3.05, 3.63) is 11.7 Å². The van der Waals surface area contributed by atoms with Gasteiger partial charge in [-0.25, -0.2) is 4.79 Å². The number of piperidine rings is 1. The van der Waals surface area contributed by atoms with E-state index in [1.807, 2.05) is 4.90 Å². The van der Waals surface area contributed by atoms with Crippen LogP contribution < -0.4 is 5.32 Å². The third-order valence-corrected chi connectivity index (χ3v) is 3.90. The molecule has 1 aliphatic rings. The summed E-state index contributed by atoms with van der Waals surface area (Å²) in [5, 5.41) is 6.97. The number of nitrogens with one attached hydrogen (secondary N) is 1. The highest BCUT2D eigenvalue weighted by Crippen LogP contribution is 2.26. The van der Waals surface area contributed by atoms with Crippen molar-refractivity contribution in [2.45, 2.75) is 58.3 Å². The highest BCUT2D eigenvalue weighted by molar-refractivity contribution is 5.74. The Bertz CT molecular complexity index is 439. The summed E-state index contributed by atoms with van der Waals surface area (Å²) in [6.45, 7) is 6.50. The minimum absolute atomic E-state index is 0.0547. The van der Waals surface area contributed by atoms with E-state index < -0.39 is 0 Å². The Labute approximate surface area is 126 Å². The minimum atomic E-state index is 0.0547. The number of hydrogen-bond acceptors (Lipinski definition) is 4. The lowest BCUT2D eigenvalue weighted by atomic mass is 9.97. The van der Waals surface area contributed by atoms with Crippen LogP contribution in [0.25, 0.3) is 0 Å². The van der Waals surface area contributed by atoms with Gasteiger partial charge in [0.25, 0.3) is 0 Å². The molecule has 0 spiro atoms. The number of carbonyl (C=O) groups excluding carboxylic acids is 1. The fourth-order valence-electron chi connectivity index (χ4n) is 2.57. The molecule has 1 aliphatic heterocycles. The van der Waals surface area contributed by atoms with Crippen LogP contribution in [0, 0.1) is 0 Å². The molecule has 2 heterocycles. The maximum absolute atomic E-state index is 12.0. The Hall–Kier alpha value is -1.59. The van der Waals surface area contributed by atoms with E-state index in [1.165, 1.54) is 0 Å². The number of aryl methyl sites for hydroxylation is 1. The topological polar surface area (TPSA) is 71.3 Å². The maximum Gasteiger partial charge on any atom is 0.317 e. The fraction of sp³-hybridized carbons (Fsp3) is 0.800. The van der Waals surface area contributed by atoms with Crippen molar-refractivity contribution in [2.24, 2.45) is 0 Å². The Morgan fingerprint density at radius 1 is 1.33 bits per heavy atom. The Balaban J connectivity index is 1.78. The number of unbranched alkanes of at least 4 members (excludes halogenated alkanes) is 1. The second kappa shape index (κ2) is 8.00. The second-order valence-electron chi connectivity index (χ2n) is 5.65. The van der Waals surface area contributed by atoms with Gasteiger partial charge in [0.15, 0.2) is 5.82 Å². The third kappa shape index (κ3) is 4.44. The highest BCUT2D eigenvalue weighted by Gasteiger charge is 2.27. The average molecular weight is 294 g/mol. The van der Waals surface area contributed by atoms with Gasteiger partial charge in [0.2, 0.25) is 5.89 Å². The summed E-state index contributed by atoms with van der Waals surface area (Å²) in [4.78, 5) is 18.3. The molecule has 1 fully saturated rings. The molecule has 6 heteroatoms. The molecule has 2 rings (SSSR count). The normalized spacial score (nSPS) is 16.2. The molecule has 0 atom stereocenters. The maximum atomic E-state index is 12.0. The summed E-state index contributed by atoms with van der Waals surface area (Å²) in [7, 11) is 0. The number of carbonyl (C=O) groups is 1. The van der Waals surface area contributed by atoms with Crippen molar-refractivity contribution in [1.29, 1.82) is 0 Å². The lowest BCUT2D eigenvalue weighted by Gasteiger charge is -2.30. The van der Waals surface area contributed by atoms with Crippen molar-refractivity contribution in [3.63, 3.8) is 0 Å². The zero-order valence-electron chi connectivity index (χ0n) is 13.1. The largest absolute Gasteiger partial charge is 0.339 e. The van der Waals surface area contributed by atoms with Gasteiger partial charge in [-0.3, -0.25) is 0 Å². The molecular weight excluding hydrogens is 268 g/mol. The molecule has 0 bridgehead atoms. The predicted molar refractivity (Wildman–Crippen MR) is 80.1 cm³/mol. The standard InChI is InChI=1S/C15H26N4O2/c1-3-5-9-16-15(20)19-10-7-12(8-11-19)14-17-13(6-4-2)18-21-14/h12H,3-11H2,1-2H3,(H,16,20). The number of nitrogens with zero attached hydrogens (tertiary/aromatic N) is 3. The van der Waals surface area contributed by atoms with Crippen LogP contribution in [0.5, 0.6) is 0 Å². The quantitative estimate of drug-likeness (QED) is 0.819. The zero-order chi connectivity index (χ0) is 15.1. The fourth-order valence-corrected chi connectivity index (χ4v) is 2.57. The summed E-state index contributed by atoms with van der Waals surface area (Å²) in [6.07, 6.45) is 5.81. The van der Waals surface area contributed by atoms with E-state index in [-0.39, 0.29) is 6.03 Å². The van der Waals surface area contributed by atoms with E-state index >= 15 is 0 Å². The molecule has 0 unspecified atom stereocenters. The molecule has 2 amide bonds. The van der Waals surface area contributed by atoms with Gasteiger partial charge in [-0.15, -0.1) is 0 Å². The van der Waals surface area contributed by atoms with Crippen molar-refractivity contribution < 1.29 is 9.32 Å². The summed E-state index contributed by atoms with van der Waals surface area (Å²) < 4.78 is 5.35. The van der Waals surface area contributed by atoms with E-state index in [9.17, 15) is 4.79 Å². The van der Waals surface area contributed by atoms with Gasteiger partial charge in [-0.1, -0.05) is 25.4 Å². The first kappa shape index (κ1) is 15.8. The molecule has 21 heavy (non-hydrogen) atoms. The van der Waals surface area contributed by atoms with Crippen LogP contribution in [-0.2, 0) is 6.42 Å². The second-order valence-corrected chi connectivity index (χ2v) is 5.65. The monoisotopic (exact) mass is 294 g/mol. The summed E-state index contributed by atoms with van der Waals surface area (Å²) in [5.74, 6) is 1.83. The van der Waals surface area contributed by atoms with Gasteiger partial charge in [-0.05, 0) is 25.7 Å². The number of amides is 2. The number of aromatic nitrogens is 2. The Morgan fingerprint density at radius 2 is 2.10 bits per heavy atom. The van der Waals surface area contributed by atoms with Crippen molar-refractivity contribution in [1.82, 2.24) is 20.4 Å². The van der Waals surface area contributed by atoms with Gasteiger partial charge < -0.3 is 14.7 Å². The molecular formula is C15H26N4O2. The predicted octanol–water partition coefficient (Wildman–Crippen LogP) is 2.71. The lowest BCUT2D eigenvalue weighted by Crippen LogP contribution is -2.44. The molecule has 0 radical (unpaired) electrons. The van der Waals surface area contributed by atoms with Gasteiger partial charge in [0, 0.05) is 32.0 Å². The molecule has 1 aromatic heterocycles. The molecule has 0 aromatic carbocycles. The van der Waals surface area contributed by atoms with Gasteiger partial charge >= 0.3 is 6.03 Å². The van der Waals surface area contributed by atoms with E-state index in [2.05, 4.69) is 29.3 Å². The Kier molecular flexibility index (Phi) is 6.02. The summed E-state index contributed by atoms with van der Waals surface area (Å²) >= 11 is 0. The SMILES string of the molecule is CCCCNC(=O)N1CCC(c2nc(CCC)no2)CC1. The number of urea groups is 1. The lowest BCUT2D eigenvalue weighted by molar-refractivity contribution is 0.175.